The lowest BCUT2D eigenvalue weighted by atomic mass is 10.5. The fourth-order valence-electron chi connectivity index (χ4n) is 0.256. The van der Waals surface area contributed by atoms with Crippen LogP contribution in [0.2, 0.25) is 0 Å². The van der Waals surface area contributed by atoms with Gasteiger partial charge in [-0.1, -0.05) is 0 Å². The zero-order valence-electron chi connectivity index (χ0n) is 7.15. The molecule has 12 heavy (non-hydrogen) atoms. The summed E-state index contributed by atoms with van der Waals surface area (Å²) in [6, 6.07) is 0. The molecule has 0 unspecified atom stereocenters. The van der Waals surface area contributed by atoms with Gasteiger partial charge in [-0.2, -0.15) is 8.42 Å². The van der Waals surface area contributed by atoms with Crippen molar-refractivity contribution in [3.63, 3.8) is 0 Å². The first-order valence-corrected chi connectivity index (χ1v) is 4.63. The summed E-state index contributed by atoms with van der Waals surface area (Å²) in [5.41, 5.74) is 0. The molecule has 0 rings (SSSR count). The summed E-state index contributed by atoms with van der Waals surface area (Å²) in [6.45, 7) is 1.21. The Kier molecular flexibility index (Phi) is 10.6. The van der Waals surface area contributed by atoms with Crippen LogP contribution in [0.5, 0.6) is 0 Å². The van der Waals surface area contributed by atoms with E-state index in [1.807, 2.05) is 7.05 Å². The van der Waals surface area contributed by atoms with E-state index in [1.165, 1.54) is 0 Å². The van der Waals surface area contributed by atoms with E-state index in [2.05, 4.69) is 9.50 Å². The fourth-order valence-corrected chi connectivity index (χ4v) is 0.256. The molecule has 0 radical (unpaired) electrons. The Labute approximate surface area is 72.5 Å². The largest absolute Gasteiger partial charge is 0.397 e. The second kappa shape index (κ2) is 8.88. The van der Waals surface area contributed by atoms with Crippen molar-refractivity contribution in [3.05, 3.63) is 0 Å². The summed E-state index contributed by atoms with van der Waals surface area (Å²) < 4.78 is 29.7. The Morgan fingerprint density at radius 2 is 1.92 bits per heavy atom. The maximum absolute atomic E-state index is 9.33. The molecule has 0 heterocycles. The quantitative estimate of drug-likeness (QED) is 0.400. The predicted octanol–water partition coefficient (Wildman–Crippen LogP) is -0.976. The molecular formula is C5H15NO5S. The molecule has 0 aliphatic rings. The summed E-state index contributed by atoms with van der Waals surface area (Å²) in [5.74, 6) is 0. The smallest absolute Gasteiger partial charge is 0.396 e. The van der Waals surface area contributed by atoms with Gasteiger partial charge in [0.05, 0.1) is 7.11 Å². The van der Waals surface area contributed by atoms with Crippen LogP contribution in [0.1, 0.15) is 6.42 Å². The van der Waals surface area contributed by atoms with Crippen LogP contribution in [-0.4, -0.2) is 45.4 Å². The predicted molar refractivity (Wildman–Crippen MR) is 44.2 cm³/mol. The molecular weight excluding hydrogens is 186 g/mol. The molecule has 0 aromatic heterocycles. The molecule has 0 spiro atoms. The van der Waals surface area contributed by atoms with E-state index in [9.17, 15) is 8.42 Å². The van der Waals surface area contributed by atoms with Gasteiger partial charge in [0.2, 0.25) is 0 Å². The van der Waals surface area contributed by atoms with Crippen molar-refractivity contribution >= 4 is 10.4 Å². The molecule has 0 saturated heterocycles. The number of nitrogens with one attached hydrogen (secondary N) is 1. The topological polar surface area (TPSA) is 95.9 Å². The molecule has 76 valence electrons. The molecule has 6 nitrogen and oxygen atoms in total. The molecule has 0 aromatic rings. The second-order valence-electron chi connectivity index (χ2n) is 1.78. The summed E-state index contributed by atoms with van der Waals surface area (Å²) >= 11 is 0. The fraction of sp³-hybridized carbons (Fsp3) is 1.00. The molecule has 0 aliphatic carbocycles. The van der Waals surface area contributed by atoms with Gasteiger partial charge in [0.1, 0.15) is 0 Å². The molecule has 0 atom stereocenters. The average Bonchev–Trinajstić information content (AvgIpc) is 2.01. The molecule has 0 bridgehead atoms. The van der Waals surface area contributed by atoms with Crippen molar-refractivity contribution < 1.29 is 22.3 Å². The van der Waals surface area contributed by atoms with Gasteiger partial charge in [0.15, 0.2) is 0 Å². The maximum atomic E-state index is 9.33. The monoisotopic (exact) mass is 201 g/mol. The van der Waals surface area contributed by atoms with Crippen molar-refractivity contribution in [2.75, 3.05) is 27.3 Å². The minimum absolute atomic E-state index is 0.292. The van der Waals surface area contributed by atoms with E-state index in [1.54, 1.807) is 0 Å². The molecule has 0 aromatic carbocycles. The van der Waals surface area contributed by atoms with Gasteiger partial charge in [-0.05, 0) is 20.0 Å². The average molecular weight is 201 g/mol. The van der Waals surface area contributed by atoms with E-state index < -0.39 is 10.4 Å². The van der Waals surface area contributed by atoms with Gasteiger partial charge < -0.3 is 10.4 Å². The lowest BCUT2D eigenvalue weighted by molar-refractivity contribution is 0.287. The highest BCUT2D eigenvalue weighted by molar-refractivity contribution is 7.80. The zero-order valence-corrected chi connectivity index (χ0v) is 7.97. The van der Waals surface area contributed by atoms with E-state index in [4.69, 9.17) is 9.66 Å². The van der Waals surface area contributed by atoms with Crippen LogP contribution in [0, 0.1) is 0 Å². The highest BCUT2D eigenvalue weighted by atomic mass is 32.3. The van der Waals surface area contributed by atoms with E-state index in [0.29, 0.717) is 6.61 Å². The van der Waals surface area contributed by atoms with Crippen LogP contribution >= 0.6 is 0 Å². The van der Waals surface area contributed by atoms with Gasteiger partial charge in [-0.15, -0.1) is 0 Å². The zero-order chi connectivity index (χ0) is 10.0. The lowest BCUT2D eigenvalue weighted by Crippen LogP contribution is -2.08. The van der Waals surface area contributed by atoms with Crippen molar-refractivity contribution in [3.8, 4) is 0 Å². The Balaban J connectivity index is 0. The number of hydrogen-bond acceptors (Lipinski definition) is 5. The first-order chi connectivity index (χ1) is 5.47. The molecule has 0 saturated carbocycles. The number of aliphatic hydroxyl groups is 1. The second-order valence-corrected chi connectivity index (χ2v) is 2.96. The highest BCUT2D eigenvalue weighted by Gasteiger charge is 1.94. The van der Waals surface area contributed by atoms with Crippen molar-refractivity contribution in [1.29, 1.82) is 0 Å². The van der Waals surface area contributed by atoms with Crippen LogP contribution in [0.4, 0.5) is 0 Å². The summed E-state index contributed by atoms with van der Waals surface area (Å²) in [7, 11) is -1.42. The Morgan fingerprint density at radius 3 is 2.00 bits per heavy atom. The molecule has 0 fully saturated rings. The molecule has 3 N–H and O–H groups in total. The van der Waals surface area contributed by atoms with Crippen LogP contribution in [0.3, 0.4) is 0 Å². The summed E-state index contributed by atoms with van der Waals surface area (Å²) in [4.78, 5) is 0. The molecule has 0 amide bonds. The van der Waals surface area contributed by atoms with Gasteiger partial charge in [-0.25, -0.2) is 0 Å². The summed E-state index contributed by atoms with van der Waals surface area (Å²) in [6.07, 6.45) is 0.858. The van der Waals surface area contributed by atoms with Crippen LogP contribution < -0.4 is 5.32 Å². The summed E-state index contributed by atoms with van der Waals surface area (Å²) in [5, 5.41) is 11.1. The van der Waals surface area contributed by atoms with Crippen LogP contribution in [0.25, 0.3) is 0 Å². The van der Waals surface area contributed by atoms with Crippen molar-refractivity contribution in [2.24, 2.45) is 0 Å². The minimum Gasteiger partial charge on any atom is -0.396 e. The lowest BCUT2D eigenvalue weighted by Gasteiger charge is -1.89. The molecule has 0 aliphatic heterocycles. The number of hydrogen-bond donors (Lipinski definition) is 3. The Hall–Kier alpha value is -0.210. The van der Waals surface area contributed by atoms with Crippen molar-refractivity contribution in [1.82, 2.24) is 5.32 Å². The van der Waals surface area contributed by atoms with Crippen molar-refractivity contribution in [2.45, 2.75) is 6.42 Å². The Bertz CT molecular complexity index is 163. The third-order valence-electron chi connectivity index (χ3n) is 0.796. The maximum Gasteiger partial charge on any atom is 0.397 e. The first kappa shape index (κ1) is 14.3. The Morgan fingerprint density at radius 1 is 1.50 bits per heavy atom. The van der Waals surface area contributed by atoms with E-state index >= 15 is 0 Å². The number of rotatable bonds is 4. The molecule has 7 heteroatoms. The van der Waals surface area contributed by atoms with Gasteiger partial charge in [0.25, 0.3) is 0 Å². The van der Waals surface area contributed by atoms with E-state index in [0.717, 1.165) is 20.1 Å². The van der Waals surface area contributed by atoms with Gasteiger partial charge in [0, 0.05) is 6.61 Å². The number of aliphatic hydroxyl groups excluding tert-OH is 1. The normalized spacial score (nSPS) is 10.3. The third-order valence-corrected chi connectivity index (χ3v) is 1.22. The van der Waals surface area contributed by atoms with Gasteiger partial charge in [-0.3, -0.25) is 8.74 Å². The minimum atomic E-state index is -4.16. The SMILES string of the molecule is CNCCCO.COS(=O)(=O)O. The third kappa shape index (κ3) is 22.6. The van der Waals surface area contributed by atoms with Crippen LogP contribution in [0.15, 0.2) is 0 Å². The van der Waals surface area contributed by atoms with Crippen LogP contribution in [-0.2, 0) is 14.6 Å². The van der Waals surface area contributed by atoms with Gasteiger partial charge >= 0.3 is 10.4 Å². The van der Waals surface area contributed by atoms with E-state index in [-0.39, 0.29) is 0 Å². The highest BCUT2D eigenvalue weighted by Crippen LogP contribution is 1.74. The standard InChI is InChI=1S/C4H11NO.CH4O4S/c1-5-3-2-4-6;1-5-6(2,3)4/h5-6H,2-4H2,1H3;1H3,(H,2,3,4). The first-order valence-electron chi connectivity index (χ1n) is 3.26.